The van der Waals surface area contributed by atoms with Gasteiger partial charge in [-0.2, -0.15) is 0 Å². The first-order chi connectivity index (χ1) is 8.74. The van der Waals surface area contributed by atoms with Gasteiger partial charge in [0.1, 0.15) is 0 Å². The van der Waals surface area contributed by atoms with Crippen molar-refractivity contribution in [2.75, 3.05) is 0 Å². The first kappa shape index (κ1) is 11.4. The summed E-state index contributed by atoms with van der Waals surface area (Å²) in [6, 6.07) is 8.33. The zero-order valence-corrected chi connectivity index (χ0v) is 10.6. The number of aromatic nitrogens is 2. The van der Waals surface area contributed by atoms with Gasteiger partial charge in [0.2, 0.25) is 0 Å². The van der Waals surface area contributed by atoms with Crippen LogP contribution in [0, 0.1) is 6.92 Å². The van der Waals surface area contributed by atoms with E-state index in [2.05, 4.69) is 29.0 Å². The van der Waals surface area contributed by atoms with Crippen LogP contribution in [0.4, 0.5) is 0 Å². The van der Waals surface area contributed by atoms with Crippen LogP contribution in [0.2, 0.25) is 0 Å². The second-order valence-electron chi connectivity index (χ2n) is 4.97. The fourth-order valence-corrected chi connectivity index (χ4v) is 2.51. The zero-order valence-electron chi connectivity index (χ0n) is 10.6. The number of hydrogen-bond acceptors (Lipinski definition) is 3. The van der Waals surface area contributed by atoms with Crippen molar-refractivity contribution in [3.8, 4) is 11.4 Å². The molecule has 0 aliphatic heterocycles. The lowest BCUT2D eigenvalue weighted by Gasteiger charge is -2.21. The summed E-state index contributed by atoms with van der Waals surface area (Å²) in [7, 11) is 0. The monoisotopic (exact) mass is 239 g/mol. The third-order valence-corrected chi connectivity index (χ3v) is 3.49. The Hall–Kier alpha value is -1.74. The van der Waals surface area contributed by atoms with E-state index in [9.17, 15) is 0 Å². The van der Waals surface area contributed by atoms with E-state index in [0.717, 1.165) is 36.3 Å². The van der Waals surface area contributed by atoms with Crippen molar-refractivity contribution < 1.29 is 0 Å². The molecule has 1 aliphatic carbocycles. The number of aryl methyl sites for hydroxylation is 2. The highest BCUT2D eigenvalue weighted by Gasteiger charge is 2.19. The molecule has 3 heteroatoms. The lowest BCUT2D eigenvalue weighted by Crippen LogP contribution is -2.19. The Kier molecular flexibility index (Phi) is 2.84. The third-order valence-electron chi connectivity index (χ3n) is 3.49. The van der Waals surface area contributed by atoms with Crippen LogP contribution in [0.3, 0.4) is 0 Å². The molecule has 92 valence electrons. The van der Waals surface area contributed by atoms with E-state index in [-0.39, 0.29) is 6.04 Å². The van der Waals surface area contributed by atoms with E-state index in [1.807, 2.05) is 18.3 Å². The summed E-state index contributed by atoms with van der Waals surface area (Å²) in [4.78, 5) is 9.14. The number of rotatable bonds is 1. The van der Waals surface area contributed by atoms with Crippen LogP contribution >= 0.6 is 0 Å². The zero-order chi connectivity index (χ0) is 12.5. The second kappa shape index (κ2) is 4.50. The molecule has 1 atom stereocenters. The predicted octanol–water partition coefficient (Wildman–Crippen LogP) is 2.79. The molecule has 0 saturated carbocycles. The number of nitrogens with two attached hydrogens (primary N) is 1. The van der Waals surface area contributed by atoms with Crippen molar-refractivity contribution in [3.63, 3.8) is 0 Å². The molecule has 0 saturated heterocycles. The highest BCUT2D eigenvalue weighted by Crippen LogP contribution is 2.27. The van der Waals surface area contributed by atoms with E-state index in [4.69, 9.17) is 5.73 Å². The molecule has 2 aromatic rings. The molecule has 2 N–H and O–H groups in total. The average molecular weight is 239 g/mol. The average Bonchev–Trinajstić information content (AvgIpc) is 2.39. The molecule has 0 fully saturated rings. The number of hydrogen-bond donors (Lipinski definition) is 1. The van der Waals surface area contributed by atoms with Crippen molar-refractivity contribution in [2.45, 2.75) is 32.2 Å². The molecule has 0 amide bonds. The Balaban J connectivity index is 2.06. The van der Waals surface area contributed by atoms with E-state index in [1.54, 1.807) is 0 Å². The molecular weight excluding hydrogens is 222 g/mol. The summed E-state index contributed by atoms with van der Waals surface area (Å²) in [5, 5.41) is 0. The Morgan fingerprint density at radius 3 is 3.06 bits per heavy atom. The minimum Gasteiger partial charge on any atom is -0.323 e. The molecule has 3 nitrogen and oxygen atoms in total. The largest absolute Gasteiger partial charge is 0.323 e. The topological polar surface area (TPSA) is 51.8 Å². The molecule has 1 aromatic carbocycles. The quantitative estimate of drug-likeness (QED) is 0.832. The lowest BCUT2D eigenvalue weighted by atomic mass is 9.93. The van der Waals surface area contributed by atoms with Gasteiger partial charge in [-0.3, -0.25) is 0 Å². The van der Waals surface area contributed by atoms with Gasteiger partial charge in [0.05, 0.1) is 5.69 Å². The van der Waals surface area contributed by atoms with Crippen molar-refractivity contribution >= 4 is 0 Å². The molecule has 1 aromatic heterocycles. The smallest absolute Gasteiger partial charge is 0.159 e. The summed E-state index contributed by atoms with van der Waals surface area (Å²) in [5.74, 6) is 0.787. The Bertz CT molecular complexity index is 578. The van der Waals surface area contributed by atoms with E-state index >= 15 is 0 Å². The van der Waals surface area contributed by atoms with Crippen molar-refractivity contribution in [1.82, 2.24) is 9.97 Å². The van der Waals surface area contributed by atoms with Crippen LogP contribution in [0.5, 0.6) is 0 Å². The van der Waals surface area contributed by atoms with Gasteiger partial charge in [0.25, 0.3) is 0 Å². The lowest BCUT2D eigenvalue weighted by molar-refractivity contribution is 0.552. The molecule has 3 rings (SSSR count). The summed E-state index contributed by atoms with van der Waals surface area (Å²) >= 11 is 0. The van der Waals surface area contributed by atoms with Gasteiger partial charge in [0, 0.05) is 17.8 Å². The first-order valence-corrected chi connectivity index (χ1v) is 6.42. The maximum atomic E-state index is 6.13. The van der Waals surface area contributed by atoms with Crippen molar-refractivity contribution in [3.05, 3.63) is 47.3 Å². The van der Waals surface area contributed by atoms with E-state index in [1.165, 1.54) is 11.1 Å². The van der Waals surface area contributed by atoms with Gasteiger partial charge in [-0.15, -0.1) is 0 Å². The number of nitrogens with zero attached hydrogens (tertiary/aromatic N) is 2. The standard InChI is InChI=1S/C15H17N3/c1-10-4-2-5-11(8-10)15-17-9-12-6-3-7-13(16)14(12)18-15/h2,4-5,8-9,13H,3,6-7,16H2,1H3. The van der Waals surface area contributed by atoms with Gasteiger partial charge in [-0.1, -0.05) is 23.8 Å². The maximum Gasteiger partial charge on any atom is 0.159 e. The second-order valence-corrected chi connectivity index (χ2v) is 4.97. The van der Waals surface area contributed by atoms with Gasteiger partial charge >= 0.3 is 0 Å². The molecule has 1 heterocycles. The van der Waals surface area contributed by atoms with Crippen LogP contribution in [0.1, 0.15) is 35.7 Å². The van der Waals surface area contributed by atoms with Gasteiger partial charge in [0.15, 0.2) is 5.82 Å². The van der Waals surface area contributed by atoms with Gasteiger partial charge < -0.3 is 5.73 Å². The van der Waals surface area contributed by atoms with Crippen LogP contribution in [0.25, 0.3) is 11.4 Å². The fourth-order valence-electron chi connectivity index (χ4n) is 2.51. The summed E-state index contributed by atoms with van der Waals surface area (Å²) in [6.07, 6.45) is 5.16. The summed E-state index contributed by atoms with van der Waals surface area (Å²) in [6.45, 7) is 2.08. The minimum atomic E-state index is 0.0697. The summed E-state index contributed by atoms with van der Waals surface area (Å²) in [5.41, 5.74) is 10.7. The van der Waals surface area contributed by atoms with Crippen LogP contribution in [0.15, 0.2) is 30.5 Å². The number of benzene rings is 1. The molecular formula is C15H17N3. The highest BCUT2D eigenvalue weighted by molar-refractivity contribution is 5.56. The Morgan fingerprint density at radius 1 is 1.33 bits per heavy atom. The molecule has 0 spiro atoms. The van der Waals surface area contributed by atoms with Crippen LogP contribution in [-0.4, -0.2) is 9.97 Å². The minimum absolute atomic E-state index is 0.0697. The van der Waals surface area contributed by atoms with Gasteiger partial charge in [-0.25, -0.2) is 9.97 Å². The molecule has 18 heavy (non-hydrogen) atoms. The van der Waals surface area contributed by atoms with Crippen molar-refractivity contribution in [1.29, 1.82) is 0 Å². The summed E-state index contributed by atoms with van der Waals surface area (Å²) < 4.78 is 0. The Labute approximate surface area is 107 Å². The van der Waals surface area contributed by atoms with E-state index in [0.29, 0.717) is 0 Å². The van der Waals surface area contributed by atoms with E-state index < -0.39 is 0 Å². The van der Waals surface area contributed by atoms with Crippen LogP contribution in [-0.2, 0) is 6.42 Å². The van der Waals surface area contributed by atoms with Gasteiger partial charge in [-0.05, 0) is 37.8 Å². The first-order valence-electron chi connectivity index (χ1n) is 6.42. The van der Waals surface area contributed by atoms with Crippen molar-refractivity contribution in [2.24, 2.45) is 5.73 Å². The molecule has 0 bridgehead atoms. The normalized spacial score (nSPS) is 18.4. The number of fused-ring (bicyclic) bond motifs is 1. The fraction of sp³-hybridized carbons (Fsp3) is 0.333. The van der Waals surface area contributed by atoms with Crippen LogP contribution < -0.4 is 5.73 Å². The SMILES string of the molecule is Cc1cccc(-c2ncc3c(n2)C(N)CCC3)c1. The highest BCUT2D eigenvalue weighted by atomic mass is 14.9. The molecule has 1 unspecified atom stereocenters. The Morgan fingerprint density at radius 2 is 2.22 bits per heavy atom. The molecule has 1 aliphatic rings. The third kappa shape index (κ3) is 2.02. The predicted molar refractivity (Wildman–Crippen MR) is 72.1 cm³/mol. The molecule has 0 radical (unpaired) electrons. The maximum absolute atomic E-state index is 6.13.